The number of benzene rings is 1. The minimum absolute atomic E-state index is 0.237. The highest BCUT2D eigenvalue weighted by Crippen LogP contribution is 2.19. The highest BCUT2D eigenvalue weighted by Gasteiger charge is 2.17. The Morgan fingerprint density at radius 1 is 1.32 bits per heavy atom. The van der Waals surface area contributed by atoms with Crippen LogP contribution >= 0.6 is 11.3 Å². The molecule has 0 aliphatic heterocycles. The van der Waals surface area contributed by atoms with Crippen molar-refractivity contribution in [1.29, 1.82) is 0 Å². The average molecular weight is 277 g/mol. The second kappa shape index (κ2) is 5.79. The molecule has 0 unspecified atom stereocenters. The van der Waals surface area contributed by atoms with Crippen molar-refractivity contribution in [3.05, 3.63) is 34.8 Å². The van der Waals surface area contributed by atoms with Crippen molar-refractivity contribution in [3.63, 3.8) is 0 Å². The van der Waals surface area contributed by atoms with E-state index >= 15 is 0 Å². The van der Waals surface area contributed by atoms with E-state index < -0.39 is 6.10 Å². The van der Waals surface area contributed by atoms with E-state index in [9.17, 15) is 4.79 Å². The summed E-state index contributed by atoms with van der Waals surface area (Å²) in [5.74, 6) is 0.470. The third-order valence-corrected chi connectivity index (χ3v) is 3.28. The van der Waals surface area contributed by atoms with Crippen molar-refractivity contribution in [3.8, 4) is 5.75 Å². The number of anilines is 1. The zero-order valence-corrected chi connectivity index (χ0v) is 11.8. The second-order valence-electron chi connectivity index (χ2n) is 4.14. The molecule has 1 heterocycles. The molecule has 0 saturated carbocycles. The van der Waals surface area contributed by atoms with Gasteiger partial charge in [0, 0.05) is 0 Å². The predicted octanol–water partition coefficient (Wildman–Crippen LogP) is 2.56. The van der Waals surface area contributed by atoms with Crippen LogP contribution in [0.2, 0.25) is 0 Å². The maximum atomic E-state index is 11.9. The molecule has 0 aliphatic rings. The Hall–Kier alpha value is -1.95. The number of nitrogens with zero attached hydrogens (tertiary/aromatic N) is 2. The van der Waals surface area contributed by atoms with Crippen LogP contribution < -0.4 is 10.1 Å². The molecule has 1 atom stereocenters. The maximum absolute atomic E-state index is 11.9. The fraction of sp³-hybridized carbons (Fsp3) is 0.308. The lowest BCUT2D eigenvalue weighted by Gasteiger charge is -2.15. The van der Waals surface area contributed by atoms with E-state index in [1.807, 2.05) is 38.1 Å². The van der Waals surface area contributed by atoms with Crippen LogP contribution in [0.15, 0.2) is 24.3 Å². The molecule has 0 bridgehead atoms. The number of amides is 1. The van der Waals surface area contributed by atoms with E-state index in [0.29, 0.717) is 10.9 Å². The first kappa shape index (κ1) is 13.5. The number of para-hydroxylation sites is 1. The molecule has 0 spiro atoms. The quantitative estimate of drug-likeness (QED) is 0.932. The molecular weight excluding hydrogens is 262 g/mol. The number of hydrogen-bond acceptors (Lipinski definition) is 5. The Labute approximate surface area is 115 Å². The standard InChI is InChI=1S/C13H15N3O2S/c1-8-6-4-5-7-11(8)18-9(2)12(17)14-13-16-15-10(3)19-13/h4-7,9H,1-3H3,(H,14,16,17)/t9-/m1/s1. The minimum Gasteiger partial charge on any atom is -0.481 e. The van der Waals surface area contributed by atoms with E-state index in [0.717, 1.165) is 10.6 Å². The number of hydrogen-bond donors (Lipinski definition) is 1. The van der Waals surface area contributed by atoms with Crippen LogP contribution in [0, 0.1) is 13.8 Å². The SMILES string of the molecule is Cc1nnc(NC(=O)[C@@H](C)Oc2ccccc2C)s1. The van der Waals surface area contributed by atoms with Gasteiger partial charge < -0.3 is 4.74 Å². The number of ether oxygens (including phenoxy) is 1. The predicted molar refractivity (Wildman–Crippen MR) is 74.5 cm³/mol. The number of carbonyl (C=O) groups is 1. The number of aryl methyl sites for hydroxylation is 2. The molecule has 100 valence electrons. The third kappa shape index (κ3) is 3.51. The highest BCUT2D eigenvalue weighted by molar-refractivity contribution is 7.15. The molecule has 6 heteroatoms. The number of aromatic nitrogens is 2. The summed E-state index contributed by atoms with van der Waals surface area (Å²) in [5, 5.41) is 11.7. The molecule has 0 fully saturated rings. The van der Waals surface area contributed by atoms with Gasteiger partial charge >= 0.3 is 0 Å². The highest BCUT2D eigenvalue weighted by atomic mass is 32.1. The summed E-state index contributed by atoms with van der Waals surface area (Å²) >= 11 is 1.33. The summed E-state index contributed by atoms with van der Waals surface area (Å²) in [6.45, 7) is 5.48. The molecule has 2 aromatic rings. The Kier molecular flexibility index (Phi) is 4.11. The smallest absolute Gasteiger partial charge is 0.266 e. The summed E-state index contributed by atoms with van der Waals surface area (Å²) in [6, 6.07) is 7.58. The van der Waals surface area contributed by atoms with Crippen LogP contribution in [0.5, 0.6) is 5.75 Å². The van der Waals surface area contributed by atoms with E-state index in [4.69, 9.17) is 4.74 Å². The van der Waals surface area contributed by atoms with Gasteiger partial charge in [0.05, 0.1) is 0 Å². The van der Waals surface area contributed by atoms with Crippen LogP contribution in [0.4, 0.5) is 5.13 Å². The lowest BCUT2D eigenvalue weighted by Crippen LogP contribution is -2.30. The Morgan fingerprint density at radius 3 is 2.68 bits per heavy atom. The second-order valence-corrected chi connectivity index (χ2v) is 5.32. The third-order valence-electron chi connectivity index (χ3n) is 2.52. The van der Waals surface area contributed by atoms with Crippen molar-refractivity contribution in [2.45, 2.75) is 26.9 Å². The molecule has 0 aliphatic carbocycles. The van der Waals surface area contributed by atoms with Crippen LogP contribution in [0.1, 0.15) is 17.5 Å². The van der Waals surface area contributed by atoms with Gasteiger partial charge in [-0.05, 0) is 32.4 Å². The molecule has 5 nitrogen and oxygen atoms in total. The molecule has 1 aromatic heterocycles. The van der Waals surface area contributed by atoms with E-state index in [1.54, 1.807) is 6.92 Å². The summed E-state index contributed by atoms with van der Waals surface area (Å²) < 4.78 is 5.63. The molecule has 1 aromatic carbocycles. The molecule has 1 amide bonds. The van der Waals surface area contributed by atoms with Crippen molar-refractivity contribution < 1.29 is 9.53 Å². The largest absolute Gasteiger partial charge is 0.481 e. The summed E-state index contributed by atoms with van der Waals surface area (Å²) in [4.78, 5) is 11.9. The molecule has 19 heavy (non-hydrogen) atoms. The molecule has 0 radical (unpaired) electrons. The van der Waals surface area contributed by atoms with Gasteiger partial charge in [-0.15, -0.1) is 10.2 Å². The van der Waals surface area contributed by atoms with Gasteiger partial charge in [0.25, 0.3) is 5.91 Å². The average Bonchev–Trinajstić information content (AvgIpc) is 2.77. The van der Waals surface area contributed by atoms with Crippen LogP contribution in [-0.2, 0) is 4.79 Å². The van der Waals surface area contributed by atoms with Gasteiger partial charge in [0.15, 0.2) is 6.10 Å². The first-order chi connectivity index (χ1) is 9.06. The Balaban J connectivity index is 1.98. The van der Waals surface area contributed by atoms with Crippen molar-refractivity contribution >= 4 is 22.4 Å². The minimum atomic E-state index is -0.592. The lowest BCUT2D eigenvalue weighted by molar-refractivity contribution is -0.122. The van der Waals surface area contributed by atoms with Crippen LogP contribution in [0.3, 0.4) is 0 Å². The monoisotopic (exact) mass is 277 g/mol. The Morgan fingerprint density at radius 2 is 2.05 bits per heavy atom. The lowest BCUT2D eigenvalue weighted by atomic mass is 10.2. The number of nitrogens with one attached hydrogen (secondary N) is 1. The first-order valence-corrected chi connectivity index (χ1v) is 6.71. The van der Waals surface area contributed by atoms with Crippen molar-refractivity contribution in [1.82, 2.24) is 10.2 Å². The Bertz CT molecular complexity index is 583. The van der Waals surface area contributed by atoms with Gasteiger partial charge in [0.1, 0.15) is 10.8 Å². The van der Waals surface area contributed by atoms with Gasteiger partial charge in [-0.25, -0.2) is 0 Å². The van der Waals surface area contributed by atoms with E-state index in [-0.39, 0.29) is 5.91 Å². The molecule has 1 N–H and O–H groups in total. The van der Waals surface area contributed by atoms with Gasteiger partial charge in [-0.3, -0.25) is 10.1 Å². The van der Waals surface area contributed by atoms with E-state index in [2.05, 4.69) is 15.5 Å². The van der Waals surface area contributed by atoms with Crippen molar-refractivity contribution in [2.75, 3.05) is 5.32 Å². The van der Waals surface area contributed by atoms with Crippen LogP contribution in [-0.4, -0.2) is 22.2 Å². The molecule has 2 rings (SSSR count). The first-order valence-electron chi connectivity index (χ1n) is 5.89. The molecular formula is C13H15N3O2S. The van der Waals surface area contributed by atoms with E-state index in [1.165, 1.54) is 11.3 Å². The van der Waals surface area contributed by atoms with Gasteiger partial charge in [-0.1, -0.05) is 29.5 Å². The summed E-state index contributed by atoms with van der Waals surface area (Å²) in [6.07, 6.45) is -0.592. The number of carbonyl (C=O) groups excluding carboxylic acids is 1. The van der Waals surface area contributed by atoms with Gasteiger partial charge in [0.2, 0.25) is 5.13 Å². The zero-order valence-electron chi connectivity index (χ0n) is 11.0. The topological polar surface area (TPSA) is 64.1 Å². The zero-order chi connectivity index (χ0) is 13.8. The maximum Gasteiger partial charge on any atom is 0.266 e. The van der Waals surface area contributed by atoms with Gasteiger partial charge in [-0.2, -0.15) is 0 Å². The fourth-order valence-electron chi connectivity index (χ4n) is 1.49. The van der Waals surface area contributed by atoms with Crippen LogP contribution in [0.25, 0.3) is 0 Å². The number of rotatable bonds is 4. The summed E-state index contributed by atoms with van der Waals surface area (Å²) in [7, 11) is 0. The fourth-order valence-corrected chi connectivity index (χ4v) is 2.08. The normalized spacial score (nSPS) is 11.9. The van der Waals surface area contributed by atoms with Crippen molar-refractivity contribution in [2.24, 2.45) is 0 Å². The molecule has 0 saturated heterocycles. The summed E-state index contributed by atoms with van der Waals surface area (Å²) in [5.41, 5.74) is 0.994.